The van der Waals surface area contributed by atoms with E-state index in [1.807, 2.05) is 12.1 Å². The molecule has 0 aliphatic carbocycles. The van der Waals surface area contributed by atoms with Crippen molar-refractivity contribution in [2.24, 2.45) is 5.41 Å². The van der Waals surface area contributed by atoms with E-state index < -0.39 is 18.0 Å². The average molecular weight is 534 g/mol. The van der Waals surface area contributed by atoms with Crippen LogP contribution in [0.15, 0.2) is 60.7 Å². The number of hydrogen-bond donors (Lipinski definition) is 3. The third kappa shape index (κ3) is 8.17. The maximum Gasteiger partial charge on any atom is 0.334 e. The molecule has 0 spiro atoms. The molecule has 0 heterocycles. The summed E-state index contributed by atoms with van der Waals surface area (Å²) in [5, 5.41) is 20.7. The van der Waals surface area contributed by atoms with Gasteiger partial charge in [-0.25, -0.2) is 4.79 Å². The second-order valence-electron chi connectivity index (χ2n) is 11.8. The smallest absolute Gasteiger partial charge is 0.334 e. The minimum absolute atomic E-state index is 0. The highest BCUT2D eigenvalue weighted by atomic mass is 16.5. The molecule has 3 N–H and O–H groups in total. The number of hydrogen-bond acceptors (Lipinski definition) is 4. The van der Waals surface area contributed by atoms with Crippen LogP contribution in [0.5, 0.6) is 5.75 Å². The summed E-state index contributed by atoms with van der Waals surface area (Å²) in [5.41, 5.74) is 7.34. The molecule has 1 unspecified atom stereocenters. The van der Waals surface area contributed by atoms with Crippen LogP contribution in [0.4, 0.5) is 0 Å². The van der Waals surface area contributed by atoms with Gasteiger partial charge in [0.15, 0.2) is 6.10 Å². The molecule has 3 aromatic rings. The van der Waals surface area contributed by atoms with Crippen LogP contribution < -0.4 is 10.1 Å². The predicted octanol–water partition coefficient (Wildman–Crippen LogP) is 7.07. The molecule has 0 saturated heterocycles. The largest absolute Gasteiger partial charge is 0.486 e. The highest BCUT2D eigenvalue weighted by Gasteiger charge is 2.23. The van der Waals surface area contributed by atoms with Gasteiger partial charge in [-0.1, -0.05) is 71.0 Å². The van der Waals surface area contributed by atoms with Crippen molar-refractivity contribution in [3.8, 4) is 16.9 Å². The Labute approximate surface area is 233 Å². The lowest BCUT2D eigenvalue weighted by atomic mass is 9.86. The summed E-state index contributed by atoms with van der Waals surface area (Å²) >= 11 is 0. The second-order valence-corrected chi connectivity index (χ2v) is 11.8. The standard InChI is InChI=1S/C33H41NO5.H2/c1-20(2)23-8-12-25(13-9-23)30-21(3)16-27(17-22(30)4)39-29(18-33(5,6)7)24-10-14-26(15-11-24)31(36)34-19-28(35)32(37)38;/h8-17,20,28-29,35H,18-19H2,1-7H3,(H,34,36)(H,37,38);1H/t28-,29?;/m1./s1. The number of carboxylic acids is 1. The Balaban J connectivity index is 0.00000560. The first-order valence-electron chi connectivity index (χ1n) is 13.4. The number of amides is 1. The van der Waals surface area contributed by atoms with E-state index in [0.29, 0.717) is 11.5 Å². The van der Waals surface area contributed by atoms with Crippen LogP contribution in [0.2, 0.25) is 0 Å². The van der Waals surface area contributed by atoms with Crippen molar-refractivity contribution in [1.82, 2.24) is 5.32 Å². The molecular formula is C33H43NO5. The van der Waals surface area contributed by atoms with Crippen LogP contribution in [0.1, 0.15) is 87.1 Å². The van der Waals surface area contributed by atoms with Crippen molar-refractivity contribution in [3.63, 3.8) is 0 Å². The summed E-state index contributed by atoms with van der Waals surface area (Å²) in [6.07, 6.45) is -1.11. The fourth-order valence-corrected chi connectivity index (χ4v) is 4.66. The molecule has 3 rings (SSSR count). The summed E-state index contributed by atoms with van der Waals surface area (Å²) in [4.78, 5) is 23.2. The zero-order valence-electron chi connectivity index (χ0n) is 24.0. The molecule has 0 aromatic heterocycles. The number of carbonyl (C=O) groups is 2. The lowest BCUT2D eigenvalue weighted by Crippen LogP contribution is -2.36. The quantitative estimate of drug-likeness (QED) is 0.259. The Morgan fingerprint density at radius 2 is 1.46 bits per heavy atom. The van der Waals surface area contributed by atoms with Crippen molar-refractivity contribution < 1.29 is 26.0 Å². The Morgan fingerprint density at radius 3 is 1.95 bits per heavy atom. The molecule has 6 nitrogen and oxygen atoms in total. The summed E-state index contributed by atoms with van der Waals surface area (Å²) < 4.78 is 6.59. The second kappa shape index (κ2) is 12.5. The first kappa shape index (κ1) is 29.9. The topological polar surface area (TPSA) is 95.9 Å². The van der Waals surface area contributed by atoms with Crippen LogP contribution in [-0.2, 0) is 4.79 Å². The molecule has 0 bridgehead atoms. The Hall–Kier alpha value is -3.64. The van der Waals surface area contributed by atoms with Gasteiger partial charge in [0.1, 0.15) is 11.9 Å². The summed E-state index contributed by atoms with van der Waals surface area (Å²) in [6.45, 7) is 14.8. The molecule has 0 radical (unpaired) electrons. The molecule has 2 atom stereocenters. The van der Waals surface area contributed by atoms with Gasteiger partial charge in [-0.2, -0.15) is 0 Å². The SMILES string of the molecule is Cc1cc(OC(CC(C)(C)C)c2ccc(C(=O)NC[C@@H](O)C(=O)O)cc2)cc(C)c1-c1ccc(C(C)C)cc1.[HH]. The van der Waals surface area contributed by atoms with Gasteiger partial charge >= 0.3 is 5.97 Å². The molecular weight excluding hydrogens is 490 g/mol. The zero-order valence-corrected chi connectivity index (χ0v) is 24.0. The first-order valence-corrected chi connectivity index (χ1v) is 13.4. The van der Waals surface area contributed by atoms with Gasteiger partial charge in [0.2, 0.25) is 0 Å². The van der Waals surface area contributed by atoms with Crippen LogP contribution in [0.3, 0.4) is 0 Å². The van der Waals surface area contributed by atoms with Gasteiger partial charge in [0.05, 0.1) is 6.54 Å². The van der Waals surface area contributed by atoms with E-state index in [1.165, 1.54) is 16.7 Å². The number of nitrogens with one attached hydrogen (secondary N) is 1. The van der Waals surface area contributed by atoms with Crippen LogP contribution in [-0.4, -0.2) is 34.7 Å². The van der Waals surface area contributed by atoms with E-state index in [9.17, 15) is 14.7 Å². The van der Waals surface area contributed by atoms with Crippen molar-refractivity contribution >= 4 is 11.9 Å². The lowest BCUT2D eigenvalue weighted by Gasteiger charge is -2.28. The number of aliphatic carboxylic acids is 1. The average Bonchev–Trinajstić information content (AvgIpc) is 2.85. The van der Waals surface area contributed by atoms with Gasteiger partial charge in [-0.05, 0) is 89.2 Å². The van der Waals surface area contributed by atoms with Gasteiger partial charge in [0.25, 0.3) is 5.91 Å². The maximum atomic E-state index is 12.4. The van der Waals surface area contributed by atoms with Gasteiger partial charge in [-0.15, -0.1) is 0 Å². The van der Waals surface area contributed by atoms with Crippen LogP contribution >= 0.6 is 0 Å². The van der Waals surface area contributed by atoms with E-state index >= 15 is 0 Å². The number of carboxylic acid groups (broad SMARTS) is 1. The predicted molar refractivity (Wildman–Crippen MR) is 157 cm³/mol. The van der Waals surface area contributed by atoms with Crippen molar-refractivity contribution in [2.75, 3.05) is 6.54 Å². The number of carbonyl (C=O) groups excluding carboxylic acids is 1. The Bertz CT molecular complexity index is 1270. The summed E-state index contributed by atoms with van der Waals surface area (Å²) in [7, 11) is 0. The van der Waals surface area contributed by atoms with E-state index in [2.05, 4.69) is 90.2 Å². The minimum atomic E-state index is -1.64. The van der Waals surface area contributed by atoms with Crippen LogP contribution in [0.25, 0.3) is 11.1 Å². The highest BCUT2D eigenvalue weighted by molar-refractivity contribution is 5.94. The fourth-order valence-electron chi connectivity index (χ4n) is 4.66. The van der Waals surface area contributed by atoms with Crippen molar-refractivity contribution in [1.29, 1.82) is 0 Å². The number of ether oxygens (including phenoxy) is 1. The summed E-state index contributed by atoms with van der Waals surface area (Å²) in [6, 6.07) is 20.1. The normalized spacial score (nSPS) is 13.2. The van der Waals surface area contributed by atoms with E-state index in [-0.39, 0.29) is 19.5 Å². The minimum Gasteiger partial charge on any atom is -0.486 e. The molecule has 0 aliphatic rings. The van der Waals surface area contributed by atoms with Crippen LogP contribution in [0, 0.1) is 19.3 Å². The number of aryl methyl sites for hydroxylation is 2. The number of aliphatic hydroxyl groups excluding tert-OH is 1. The highest BCUT2D eigenvalue weighted by Crippen LogP contribution is 2.37. The monoisotopic (exact) mass is 533 g/mol. The Kier molecular flexibility index (Phi) is 9.57. The Morgan fingerprint density at radius 1 is 0.923 bits per heavy atom. The van der Waals surface area contributed by atoms with E-state index in [1.54, 1.807) is 12.1 Å². The molecule has 0 aliphatic heterocycles. The van der Waals surface area contributed by atoms with E-state index in [0.717, 1.165) is 28.9 Å². The van der Waals surface area contributed by atoms with E-state index in [4.69, 9.17) is 9.84 Å². The maximum absolute atomic E-state index is 12.4. The molecule has 3 aromatic carbocycles. The van der Waals surface area contributed by atoms with Gasteiger partial charge < -0.3 is 20.3 Å². The molecule has 6 heteroatoms. The van der Waals surface area contributed by atoms with Crippen molar-refractivity contribution in [3.05, 3.63) is 88.5 Å². The third-order valence-electron chi connectivity index (χ3n) is 6.73. The third-order valence-corrected chi connectivity index (χ3v) is 6.73. The lowest BCUT2D eigenvalue weighted by molar-refractivity contribution is -0.146. The number of aliphatic hydroxyl groups is 1. The molecule has 210 valence electrons. The van der Waals surface area contributed by atoms with Gasteiger partial charge in [-0.3, -0.25) is 4.79 Å². The number of rotatable bonds is 10. The van der Waals surface area contributed by atoms with Gasteiger partial charge in [0, 0.05) is 6.99 Å². The molecule has 0 fully saturated rings. The molecule has 0 saturated carbocycles. The number of benzene rings is 3. The zero-order chi connectivity index (χ0) is 28.9. The fraction of sp³-hybridized carbons (Fsp3) is 0.394. The van der Waals surface area contributed by atoms with Crippen molar-refractivity contribution in [2.45, 2.75) is 73.0 Å². The molecule has 39 heavy (non-hydrogen) atoms. The molecule has 1 amide bonds. The summed E-state index contributed by atoms with van der Waals surface area (Å²) in [5.74, 6) is -0.537. The first-order chi connectivity index (χ1) is 18.2.